The van der Waals surface area contributed by atoms with Gasteiger partial charge in [-0.15, -0.1) is 0 Å². The average molecular weight is 399 g/mol. The number of nitrogens with zero attached hydrogens (tertiary/aromatic N) is 1. The molecule has 2 aromatic carbocycles. The van der Waals surface area contributed by atoms with E-state index in [1.165, 1.54) is 0 Å². The van der Waals surface area contributed by atoms with Crippen molar-refractivity contribution in [2.45, 2.75) is 37.5 Å². The lowest BCUT2D eigenvalue weighted by Gasteiger charge is -2.53. The molecule has 0 saturated carbocycles. The van der Waals surface area contributed by atoms with Gasteiger partial charge in [0, 0.05) is 23.6 Å². The molecule has 29 heavy (non-hydrogen) atoms. The zero-order valence-corrected chi connectivity index (χ0v) is 17.0. The smallest absolute Gasteiger partial charge is 0.231 e. The molecule has 0 amide bonds. The summed E-state index contributed by atoms with van der Waals surface area (Å²) in [6.45, 7) is 2.88. The molecule has 154 valence electrons. The minimum atomic E-state index is -0.653. The lowest BCUT2D eigenvalue weighted by atomic mass is 9.60. The van der Waals surface area contributed by atoms with Gasteiger partial charge in [0.1, 0.15) is 0 Å². The zero-order chi connectivity index (χ0) is 20.5. The van der Waals surface area contributed by atoms with E-state index in [0.717, 1.165) is 22.3 Å². The molecule has 1 aliphatic carbocycles. The zero-order valence-electron chi connectivity index (χ0n) is 17.0. The quantitative estimate of drug-likeness (QED) is 0.803. The SMILES string of the molecule is COc1cc2c(cc1O)C[C@@H](O)[C@@]1(C)c3cc(OC)c4c(c3CN(C)C21)OCO4. The molecule has 0 spiro atoms. The highest BCUT2D eigenvalue weighted by Crippen LogP contribution is 2.58. The van der Waals surface area contributed by atoms with Crippen LogP contribution in [0, 0.1) is 0 Å². The third-order valence-electron chi connectivity index (χ3n) is 6.77. The number of hydrogen-bond donors (Lipinski definition) is 2. The molecular weight excluding hydrogens is 374 g/mol. The number of fused-ring (bicyclic) bond motifs is 7. The molecule has 3 aliphatic rings. The third kappa shape index (κ3) is 2.31. The van der Waals surface area contributed by atoms with E-state index in [1.807, 2.05) is 19.2 Å². The van der Waals surface area contributed by atoms with Crippen LogP contribution in [0.4, 0.5) is 0 Å². The molecule has 0 bridgehead atoms. The summed E-state index contributed by atoms with van der Waals surface area (Å²) in [5.74, 6) is 2.46. The summed E-state index contributed by atoms with van der Waals surface area (Å²) in [5.41, 5.74) is 3.41. The van der Waals surface area contributed by atoms with E-state index < -0.39 is 11.5 Å². The average Bonchev–Trinajstić information content (AvgIpc) is 3.18. The van der Waals surface area contributed by atoms with Crippen molar-refractivity contribution in [1.82, 2.24) is 4.90 Å². The number of ether oxygens (including phenoxy) is 4. The monoisotopic (exact) mass is 399 g/mol. The Morgan fingerprint density at radius 3 is 2.55 bits per heavy atom. The molecule has 0 saturated heterocycles. The predicted molar refractivity (Wildman–Crippen MR) is 105 cm³/mol. The maximum atomic E-state index is 11.4. The van der Waals surface area contributed by atoms with Crippen molar-refractivity contribution >= 4 is 0 Å². The fraction of sp³-hybridized carbons (Fsp3) is 0.455. The van der Waals surface area contributed by atoms with E-state index in [4.69, 9.17) is 18.9 Å². The predicted octanol–water partition coefficient (Wildman–Crippen LogP) is 2.50. The first-order valence-corrected chi connectivity index (χ1v) is 9.68. The molecule has 3 atom stereocenters. The Labute approximate surface area is 169 Å². The number of rotatable bonds is 2. The first kappa shape index (κ1) is 18.4. The molecule has 0 fully saturated rings. The Morgan fingerprint density at radius 1 is 1.10 bits per heavy atom. The molecule has 2 aromatic rings. The van der Waals surface area contributed by atoms with Crippen molar-refractivity contribution in [2.75, 3.05) is 28.1 Å². The van der Waals surface area contributed by atoms with Gasteiger partial charge in [-0.25, -0.2) is 0 Å². The van der Waals surface area contributed by atoms with Gasteiger partial charge in [0.2, 0.25) is 12.5 Å². The number of methoxy groups -OCH3 is 2. The fourth-order valence-corrected chi connectivity index (χ4v) is 5.39. The van der Waals surface area contributed by atoms with Gasteiger partial charge in [-0.1, -0.05) is 6.92 Å². The third-order valence-corrected chi connectivity index (χ3v) is 6.77. The molecule has 5 rings (SSSR count). The molecule has 0 aromatic heterocycles. The molecule has 2 aliphatic heterocycles. The van der Waals surface area contributed by atoms with Crippen LogP contribution in [0.25, 0.3) is 0 Å². The van der Waals surface area contributed by atoms with Gasteiger partial charge < -0.3 is 29.2 Å². The maximum Gasteiger partial charge on any atom is 0.231 e. The van der Waals surface area contributed by atoms with Crippen LogP contribution in [-0.4, -0.2) is 49.3 Å². The highest BCUT2D eigenvalue weighted by Gasteiger charge is 2.54. The highest BCUT2D eigenvalue weighted by molar-refractivity contribution is 5.64. The molecule has 2 heterocycles. The second-order valence-electron chi connectivity index (χ2n) is 8.21. The lowest BCUT2D eigenvalue weighted by Crippen LogP contribution is -2.55. The standard InChI is InChI=1S/C22H25NO6/c1-22-14-8-17(27-4)20-19(28-10-29-20)13(14)9-23(2)21(22)12-7-16(26-3)15(24)5-11(12)6-18(22)25/h5,7-8,18,21,24-25H,6,9-10H2,1-4H3/t18-,21?,22-/m1/s1. The molecular formula is C22H25NO6. The van der Waals surface area contributed by atoms with Gasteiger partial charge in [0.05, 0.1) is 20.3 Å². The minimum Gasteiger partial charge on any atom is -0.504 e. The van der Waals surface area contributed by atoms with Crippen LogP contribution in [0.15, 0.2) is 18.2 Å². The van der Waals surface area contributed by atoms with Gasteiger partial charge in [0.15, 0.2) is 23.0 Å². The van der Waals surface area contributed by atoms with E-state index in [-0.39, 0.29) is 18.6 Å². The normalized spacial score (nSPS) is 27.1. The number of likely N-dealkylation sites (N-methyl/N-ethyl adjacent to an activating group) is 1. The van der Waals surface area contributed by atoms with Crippen LogP contribution < -0.4 is 18.9 Å². The van der Waals surface area contributed by atoms with Crippen molar-refractivity contribution in [1.29, 1.82) is 0 Å². The van der Waals surface area contributed by atoms with Crippen LogP contribution >= 0.6 is 0 Å². The summed E-state index contributed by atoms with van der Waals surface area (Å²) < 4.78 is 22.4. The second-order valence-corrected chi connectivity index (χ2v) is 8.21. The molecule has 2 N–H and O–H groups in total. The second kappa shape index (κ2) is 6.18. The number of aromatic hydroxyl groups is 1. The topological polar surface area (TPSA) is 80.6 Å². The molecule has 1 unspecified atom stereocenters. The summed E-state index contributed by atoms with van der Waals surface area (Å²) in [6, 6.07) is 5.48. The minimum absolute atomic E-state index is 0.0888. The Bertz CT molecular complexity index is 1010. The lowest BCUT2D eigenvalue weighted by molar-refractivity contribution is -0.000527. The Morgan fingerprint density at radius 2 is 1.83 bits per heavy atom. The number of aliphatic hydroxyl groups is 1. The van der Waals surface area contributed by atoms with Crippen molar-refractivity contribution < 1.29 is 29.2 Å². The summed E-state index contributed by atoms with van der Waals surface area (Å²) in [7, 11) is 5.20. The summed E-state index contributed by atoms with van der Waals surface area (Å²) in [4.78, 5) is 2.22. The van der Waals surface area contributed by atoms with Crippen molar-refractivity contribution in [2.24, 2.45) is 0 Å². The summed E-state index contributed by atoms with van der Waals surface area (Å²) >= 11 is 0. The summed E-state index contributed by atoms with van der Waals surface area (Å²) in [5, 5.41) is 21.6. The van der Waals surface area contributed by atoms with Gasteiger partial charge in [-0.3, -0.25) is 4.90 Å². The van der Waals surface area contributed by atoms with E-state index in [2.05, 4.69) is 11.8 Å². The molecule has 7 nitrogen and oxygen atoms in total. The first-order chi connectivity index (χ1) is 13.9. The Kier molecular flexibility index (Phi) is 3.92. The van der Waals surface area contributed by atoms with Crippen LogP contribution in [0.3, 0.4) is 0 Å². The summed E-state index contributed by atoms with van der Waals surface area (Å²) in [6.07, 6.45) is -0.219. The van der Waals surface area contributed by atoms with Gasteiger partial charge in [0.25, 0.3) is 0 Å². The van der Waals surface area contributed by atoms with Crippen molar-refractivity contribution in [3.05, 3.63) is 40.5 Å². The fourth-order valence-electron chi connectivity index (χ4n) is 5.39. The van der Waals surface area contributed by atoms with E-state index in [1.54, 1.807) is 20.3 Å². The number of phenolic OH excluding ortho intramolecular Hbond substituents is 1. The maximum absolute atomic E-state index is 11.4. The van der Waals surface area contributed by atoms with E-state index >= 15 is 0 Å². The van der Waals surface area contributed by atoms with Gasteiger partial charge in [-0.05, 0) is 48.4 Å². The van der Waals surface area contributed by atoms with Crippen LogP contribution in [0.2, 0.25) is 0 Å². The van der Waals surface area contributed by atoms with E-state index in [0.29, 0.717) is 36.0 Å². The number of hydrogen-bond acceptors (Lipinski definition) is 7. The first-order valence-electron chi connectivity index (χ1n) is 9.68. The van der Waals surface area contributed by atoms with Gasteiger partial charge >= 0.3 is 0 Å². The molecule has 7 heteroatoms. The molecule has 0 radical (unpaired) electrons. The number of phenols is 1. The number of benzene rings is 2. The van der Waals surface area contributed by atoms with Crippen molar-refractivity contribution in [3.63, 3.8) is 0 Å². The van der Waals surface area contributed by atoms with Crippen LogP contribution in [0.5, 0.6) is 28.7 Å². The van der Waals surface area contributed by atoms with Crippen LogP contribution in [-0.2, 0) is 18.4 Å². The van der Waals surface area contributed by atoms with Gasteiger partial charge in [-0.2, -0.15) is 0 Å². The van der Waals surface area contributed by atoms with E-state index in [9.17, 15) is 10.2 Å². The van der Waals surface area contributed by atoms with Crippen LogP contribution in [0.1, 0.15) is 35.2 Å². The number of aliphatic hydroxyl groups excluding tert-OH is 1. The highest BCUT2D eigenvalue weighted by atomic mass is 16.7. The van der Waals surface area contributed by atoms with Crippen molar-refractivity contribution in [3.8, 4) is 28.7 Å². The largest absolute Gasteiger partial charge is 0.504 e. The Hall–Kier alpha value is -2.64. The Balaban J connectivity index is 1.76.